The molecule has 3 heteroatoms. The molecule has 8 aliphatic rings. The summed E-state index contributed by atoms with van der Waals surface area (Å²) in [6, 6.07) is 6.29. The van der Waals surface area contributed by atoms with Crippen molar-refractivity contribution in [1.82, 2.24) is 4.98 Å². The molecule has 0 unspecified atom stereocenters. The lowest BCUT2D eigenvalue weighted by Gasteiger charge is -2.68. The summed E-state index contributed by atoms with van der Waals surface area (Å²) in [6.45, 7) is 2.06. The number of hydrogen-bond donors (Lipinski definition) is 2. The van der Waals surface area contributed by atoms with Crippen molar-refractivity contribution in [3.05, 3.63) is 29.6 Å². The lowest BCUT2D eigenvalue weighted by Crippen LogP contribution is -2.70. The summed E-state index contributed by atoms with van der Waals surface area (Å²) < 4.78 is 0. The highest BCUT2D eigenvalue weighted by Gasteiger charge is 2.69. The quantitative estimate of drug-likeness (QED) is 0.753. The molecule has 8 saturated carbocycles. The van der Waals surface area contributed by atoms with Gasteiger partial charge in [0.05, 0.1) is 17.1 Å². The molecular weight excluding hydrogens is 370 g/mol. The van der Waals surface area contributed by atoms with Crippen LogP contribution in [0.5, 0.6) is 0 Å². The molecule has 0 spiro atoms. The normalized spacial score (nSPS) is 54.0. The average molecular weight is 408 g/mol. The predicted molar refractivity (Wildman–Crippen MR) is 116 cm³/mol. The minimum atomic E-state index is -0.779. The molecule has 0 atom stereocenters. The van der Waals surface area contributed by atoms with Gasteiger partial charge in [0.25, 0.3) is 0 Å². The Bertz CT molecular complexity index is 758. The van der Waals surface area contributed by atoms with E-state index in [2.05, 4.69) is 25.1 Å². The van der Waals surface area contributed by atoms with Crippen molar-refractivity contribution in [2.75, 3.05) is 0 Å². The second kappa shape index (κ2) is 6.10. The first kappa shape index (κ1) is 18.6. The molecule has 0 aromatic carbocycles. The van der Waals surface area contributed by atoms with Gasteiger partial charge in [0.1, 0.15) is 0 Å². The highest BCUT2D eigenvalue weighted by molar-refractivity contribution is 5.30. The monoisotopic (exact) mass is 407 g/mol. The Labute approximate surface area is 180 Å². The summed E-state index contributed by atoms with van der Waals surface area (Å²) in [6.07, 6.45) is 12.1. The smallest absolute Gasteiger partial charge is 0.0815 e. The van der Waals surface area contributed by atoms with Crippen molar-refractivity contribution < 1.29 is 10.2 Å². The Balaban J connectivity index is 1.39. The van der Waals surface area contributed by atoms with Gasteiger partial charge in [0, 0.05) is 11.4 Å². The summed E-state index contributed by atoms with van der Waals surface area (Å²) in [7, 11) is 0. The lowest BCUT2D eigenvalue weighted by atomic mass is 9.40. The third-order valence-corrected chi connectivity index (χ3v) is 11.0. The number of nitrogens with zero attached hydrogens (tertiary/aromatic N) is 1. The maximum atomic E-state index is 12.7. The third-order valence-electron chi connectivity index (χ3n) is 11.0. The van der Waals surface area contributed by atoms with Gasteiger partial charge in [0.15, 0.2) is 0 Å². The number of rotatable bonds is 3. The van der Waals surface area contributed by atoms with Crippen LogP contribution in [0.2, 0.25) is 0 Å². The van der Waals surface area contributed by atoms with Crippen LogP contribution in [0.15, 0.2) is 18.2 Å². The molecule has 0 amide bonds. The lowest BCUT2D eigenvalue weighted by molar-refractivity contribution is -0.261. The van der Waals surface area contributed by atoms with E-state index in [0.29, 0.717) is 23.7 Å². The van der Waals surface area contributed by atoms with E-state index in [4.69, 9.17) is 4.98 Å². The van der Waals surface area contributed by atoms with Crippen LogP contribution in [0.3, 0.4) is 0 Å². The third kappa shape index (κ3) is 2.32. The minimum Gasteiger partial charge on any atom is -0.388 e. The van der Waals surface area contributed by atoms with Gasteiger partial charge in [-0.05, 0) is 131 Å². The van der Waals surface area contributed by atoms with E-state index in [0.717, 1.165) is 35.1 Å². The maximum Gasteiger partial charge on any atom is 0.0815 e. The van der Waals surface area contributed by atoms with Gasteiger partial charge >= 0.3 is 0 Å². The van der Waals surface area contributed by atoms with E-state index in [1.165, 1.54) is 64.2 Å². The molecular formula is C27H37NO2. The van der Waals surface area contributed by atoms with Crippen molar-refractivity contribution in [3.8, 4) is 0 Å². The van der Waals surface area contributed by atoms with Crippen molar-refractivity contribution in [1.29, 1.82) is 0 Å². The molecule has 0 radical (unpaired) electrons. The standard InChI is InChI=1S/C27H37NO2/c1-15-3-2-4-24(28-15)25(26(29)20-7-16-5-17(9-20)10-21(26)8-16)27(30)22-11-18-6-19(13-22)14-23(27)12-18/h2-4,16-23,25,29-30H,5-14H2,1H3. The molecule has 30 heavy (non-hydrogen) atoms. The molecule has 1 heterocycles. The molecule has 162 valence electrons. The topological polar surface area (TPSA) is 53.4 Å². The number of aliphatic hydroxyl groups is 2. The van der Waals surface area contributed by atoms with Crippen LogP contribution in [-0.2, 0) is 0 Å². The van der Waals surface area contributed by atoms with E-state index in [9.17, 15) is 10.2 Å². The molecule has 9 rings (SSSR count). The Morgan fingerprint density at radius 2 is 1.10 bits per heavy atom. The first-order chi connectivity index (χ1) is 14.4. The van der Waals surface area contributed by atoms with Crippen LogP contribution in [0.1, 0.15) is 81.5 Å². The van der Waals surface area contributed by atoms with Gasteiger partial charge in [-0.3, -0.25) is 4.98 Å². The summed E-state index contributed by atoms with van der Waals surface area (Å²) in [5.41, 5.74) is 0.439. The molecule has 1 aromatic rings. The summed E-state index contributed by atoms with van der Waals surface area (Å²) in [5, 5.41) is 25.5. The van der Waals surface area contributed by atoms with Crippen LogP contribution in [-0.4, -0.2) is 26.4 Å². The van der Waals surface area contributed by atoms with Gasteiger partial charge < -0.3 is 10.2 Å². The second-order valence-electron chi connectivity index (χ2n) is 12.5. The molecule has 1 aromatic heterocycles. The minimum absolute atomic E-state index is 0.213. The van der Waals surface area contributed by atoms with Crippen LogP contribution in [0.25, 0.3) is 0 Å². The van der Waals surface area contributed by atoms with Gasteiger partial charge in [-0.2, -0.15) is 0 Å². The molecule has 0 saturated heterocycles. The van der Waals surface area contributed by atoms with Crippen LogP contribution < -0.4 is 0 Å². The van der Waals surface area contributed by atoms with E-state index in [1.807, 2.05) is 0 Å². The number of aryl methyl sites for hydroxylation is 1. The fourth-order valence-corrected chi connectivity index (χ4v) is 10.4. The summed E-state index contributed by atoms with van der Waals surface area (Å²) in [5.74, 6) is 4.43. The van der Waals surface area contributed by atoms with Crippen LogP contribution >= 0.6 is 0 Å². The summed E-state index contributed by atoms with van der Waals surface area (Å²) >= 11 is 0. The van der Waals surface area contributed by atoms with E-state index in [-0.39, 0.29) is 5.92 Å². The van der Waals surface area contributed by atoms with Crippen LogP contribution in [0, 0.1) is 54.3 Å². The molecule has 2 N–H and O–H groups in total. The van der Waals surface area contributed by atoms with Crippen molar-refractivity contribution in [2.24, 2.45) is 47.3 Å². The average Bonchev–Trinajstić information content (AvgIpc) is 2.70. The van der Waals surface area contributed by atoms with Crippen LogP contribution in [0.4, 0.5) is 0 Å². The van der Waals surface area contributed by atoms with Crippen molar-refractivity contribution in [2.45, 2.75) is 88.3 Å². The second-order valence-corrected chi connectivity index (χ2v) is 12.5. The van der Waals surface area contributed by atoms with E-state index >= 15 is 0 Å². The van der Waals surface area contributed by atoms with Gasteiger partial charge in [-0.1, -0.05) is 6.07 Å². The highest BCUT2D eigenvalue weighted by atomic mass is 16.3. The SMILES string of the molecule is Cc1cccc(C(C2(O)C3CC4CC(C3)CC2C4)C2(O)C3CC4CC(C3)CC2C4)n1. The molecule has 8 fully saturated rings. The Morgan fingerprint density at radius 3 is 1.47 bits per heavy atom. The first-order valence-electron chi connectivity index (χ1n) is 12.8. The van der Waals surface area contributed by atoms with Gasteiger partial charge in [-0.25, -0.2) is 0 Å². The number of pyridine rings is 1. The molecule has 8 bridgehead atoms. The Hall–Kier alpha value is -0.930. The van der Waals surface area contributed by atoms with Gasteiger partial charge in [0.2, 0.25) is 0 Å². The highest BCUT2D eigenvalue weighted by Crippen LogP contribution is 2.69. The molecule has 8 aliphatic carbocycles. The maximum absolute atomic E-state index is 12.7. The van der Waals surface area contributed by atoms with Crippen molar-refractivity contribution in [3.63, 3.8) is 0 Å². The van der Waals surface area contributed by atoms with E-state index < -0.39 is 11.2 Å². The Morgan fingerprint density at radius 1 is 0.700 bits per heavy atom. The fourth-order valence-electron chi connectivity index (χ4n) is 10.4. The zero-order chi connectivity index (χ0) is 20.3. The zero-order valence-corrected chi connectivity index (χ0v) is 18.3. The fraction of sp³-hybridized carbons (Fsp3) is 0.815. The number of hydrogen-bond acceptors (Lipinski definition) is 3. The predicted octanol–water partition coefficient (Wildman–Crippen LogP) is 4.85. The van der Waals surface area contributed by atoms with Crippen molar-refractivity contribution >= 4 is 0 Å². The van der Waals surface area contributed by atoms with Gasteiger partial charge in [-0.15, -0.1) is 0 Å². The van der Waals surface area contributed by atoms with E-state index in [1.54, 1.807) is 0 Å². The largest absolute Gasteiger partial charge is 0.388 e. The summed E-state index contributed by atoms with van der Waals surface area (Å²) in [4.78, 5) is 5.01. The molecule has 0 aliphatic heterocycles. The number of aromatic nitrogens is 1. The molecule has 3 nitrogen and oxygen atoms in total. The first-order valence-corrected chi connectivity index (χ1v) is 12.8. The zero-order valence-electron chi connectivity index (χ0n) is 18.3. The Kier molecular flexibility index (Phi) is 3.79.